The minimum Gasteiger partial charge on any atom is -0.408 e. The molecule has 4 rings (SSSR count). The van der Waals surface area contributed by atoms with E-state index < -0.39 is 16.6 Å². The van der Waals surface area contributed by atoms with Crippen LogP contribution in [-0.2, 0) is 36.3 Å². The van der Waals surface area contributed by atoms with Gasteiger partial charge in [0.2, 0.25) is 0 Å². The van der Waals surface area contributed by atoms with Crippen LogP contribution >= 0.6 is 11.8 Å². The first-order valence-electron chi connectivity index (χ1n) is 16.6. The van der Waals surface area contributed by atoms with Crippen LogP contribution in [0.15, 0.2) is 95.9 Å². The van der Waals surface area contributed by atoms with E-state index in [0.717, 1.165) is 16.0 Å². The Balaban J connectivity index is 1.77. The van der Waals surface area contributed by atoms with Gasteiger partial charge < -0.3 is 23.1 Å². The molecule has 0 bridgehead atoms. The first-order valence-corrected chi connectivity index (χ1v) is 23.3. The molecule has 3 aromatic rings. The van der Waals surface area contributed by atoms with Crippen molar-refractivity contribution in [1.82, 2.24) is 0 Å². The summed E-state index contributed by atoms with van der Waals surface area (Å²) < 4.78 is 35.2. The molecule has 252 valence electrons. The van der Waals surface area contributed by atoms with Gasteiger partial charge in [0.25, 0.3) is 0 Å². The number of rotatable bonds is 13. The van der Waals surface area contributed by atoms with Crippen LogP contribution < -0.4 is 0 Å². The van der Waals surface area contributed by atoms with Crippen LogP contribution in [0, 0.1) is 0 Å². The Labute approximate surface area is 285 Å². The largest absolute Gasteiger partial charge is 0.408 e. The fourth-order valence-electron chi connectivity index (χ4n) is 4.86. The second-order valence-electron chi connectivity index (χ2n) is 15.4. The Bertz CT molecular complexity index is 1330. The molecule has 5 atom stereocenters. The van der Waals surface area contributed by atoms with Gasteiger partial charge >= 0.3 is 0 Å². The lowest BCUT2D eigenvalue weighted by atomic mass is 10.00. The highest BCUT2D eigenvalue weighted by atomic mass is 32.2. The normalized spacial score (nSPS) is 23.0. The molecule has 0 aromatic heterocycles. The van der Waals surface area contributed by atoms with Crippen LogP contribution in [0.25, 0.3) is 0 Å². The third-order valence-corrected chi connectivity index (χ3v) is 19.8. The van der Waals surface area contributed by atoms with Gasteiger partial charge in [0.05, 0.1) is 19.8 Å². The lowest BCUT2D eigenvalue weighted by Crippen LogP contribution is -2.65. The fraction of sp³-hybridized carbons (Fsp3) is 0.526. The van der Waals surface area contributed by atoms with Gasteiger partial charge in [-0.2, -0.15) is 0 Å². The molecular formula is C38H56O5SSi2. The molecule has 3 aromatic carbocycles. The van der Waals surface area contributed by atoms with E-state index in [4.69, 9.17) is 23.1 Å². The van der Waals surface area contributed by atoms with Gasteiger partial charge in [-0.1, -0.05) is 132 Å². The molecule has 1 fully saturated rings. The first-order chi connectivity index (χ1) is 21.6. The van der Waals surface area contributed by atoms with Crippen molar-refractivity contribution in [3.8, 4) is 0 Å². The van der Waals surface area contributed by atoms with E-state index in [-0.39, 0.29) is 39.9 Å². The SMILES string of the molecule is CC(C)(C)[Si](C)(C)O[C@@H]1[C@@H](OCc2ccccc2)[C@H](Sc2ccccc2)O[C@H](COCc2ccccc2)[C@H]1O[Si](C)(C)C(C)(C)C. The van der Waals surface area contributed by atoms with Gasteiger partial charge in [0.15, 0.2) is 16.6 Å². The fourth-order valence-corrected chi connectivity index (χ4v) is 8.63. The topological polar surface area (TPSA) is 46.2 Å². The van der Waals surface area contributed by atoms with Gasteiger partial charge in [-0.15, -0.1) is 0 Å². The quantitative estimate of drug-likeness (QED) is 0.168. The van der Waals surface area contributed by atoms with Crippen molar-refractivity contribution >= 4 is 28.4 Å². The third kappa shape index (κ3) is 9.89. The Kier molecular flexibility index (Phi) is 12.6. The second kappa shape index (κ2) is 15.6. The van der Waals surface area contributed by atoms with E-state index in [2.05, 4.69) is 128 Å². The minimum absolute atomic E-state index is 0.00000113. The maximum Gasteiger partial charge on any atom is 0.192 e. The molecule has 1 aliphatic heterocycles. The van der Waals surface area contributed by atoms with Crippen molar-refractivity contribution in [2.24, 2.45) is 0 Å². The molecule has 1 saturated heterocycles. The highest BCUT2D eigenvalue weighted by Crippen LogP contribution is 2.45. The zero-order chi connectivity index (χ0) is 33.6. The maximum atomic E-state index is 7.44. The van der Waals surface area contributed by atoms with Gasteiger partial charge in [-0.05, 0) is 59.5 Å². The number of benzene rings is 3. The second-order valence-corrected chi connectivity index (χ2v) is 26.1. The molecule has 0 radical (unpaired) electrons. The number of thioether (sulfide) groups is 1. The standard InChI is InChI=1S/C38H56O5SSi2/c1-37(2,3)45(7,8)42-33-32(28-39-26-29-20-14-11-15-21-29)41-36(44-31-24-18-13-19-25-31)35(40-27-30-22-16-12-17-23-30)34(33)43-46(9,10)38(4,5)6/h11-25,32-36H,26-28H2,1-10H3/t32-,33-,34+,35-,36+/m1/s1. The van der Waals surface area contributed by atoms with Crippen molar-refractivity contribution in [2.75, 3.05) is 6.61 Å². The van der Waals surface area contributed by atoms with Crippen LogP contribution in [0.5, 0.6) is 0 Å². The van der Waals surface area contributed by atoms with Gasteiger partial charge in [0, 0.05) is 4.90 Å². The number of hydrogen-bond acceptors (Lipinski definition) is 6. The number of hydrogen-bond donors (Lipinski definition) is 0. The van der Waals surface area contributed by atoms with Crippen LogP contribution in [0.2, 0.25) is 36.3 Å². The van der Waals surface area contributed by atoms with Gasteiger partial charge in [-0.25, -0.2) is 0 Å². The van der Waals surface area contributed by atoms with E-state index in [1.165, 1.54) is 0 Å². The van der Waals surface area contributed by atoms with Crippen LogP contribution in [0.4, 0.5) is 0 Å². The summed E-state index contributed by atoms with van der Waals surface area (Å²) in [7, 11) is -4.57. The number of ether oxygens (including phenoxy) is 3. The highest BCUT2D eigenvalue weighted by molar-refractivity contribution is 7.99. The molecule has 0 unspecified atom stereocenters. The smallest absolute Gasteiger partial charge is 0.192 e. The summed E-state index contributed by atoms with van der Waals surface area (Å²) >= 11 is 1.69. The van der Waals surface area contributed by atoms with Crippen molar-refractivity contribution < 1.29 is 23.1 Å². The third-order valence-electron chi connectivity index (χ3n) is 9.74. The molecule has 0 N–H and O–H groups in total. The van der Waals surface area contributed by atoms with E-state index >= 15 is 0 Å². The Hall–Kier alpha value is -1.76. The predicted octanol–water partition coefficient (Wildman–Crippen LogP) is 10.1. The van der Waals surface area contributed by atoms with Gasteiger partial charge in [0.1, 0.15) is 29.9 Å². The zero-order valence-corrected chi connectivity index (χ0v) is 32.4. The molecule has 8 heteroatoms. The molecular weight excluding hydrogens is 625 g/mol. The first kappa shape index (κ1) is 37.1. The summed E-state index contributed by atoms with van der Waals surface area (Å²) in [4.78, 5) is 1.12. The lowest BCUT2D eigenvalue weighted by Gasteiger charge is -2.52. The van der Waals surface area contributed by atoms with Crippen LogP contribution in [-0.4, -0.2) is 53.1 Å². The highest BCUT2D eigenvalue weighted by Gasteiger charge is 2.54. The van der Waals surface area contributed by atoms with Crippen molar-refractivity contribution in [1.29, 1.82) is 0 Å². The molecule has 46 heavy (non-hydrogen) atoms. The summed E-state index contributed by atoms with van der Waals surface area (Å²) in [5.74, 6) is 0. The molecule has 0 amide bonds. The molecule has 0 saturated carbocycles. The van der Waals surface area contributed by atoms with Crippen molar-refractivity contribution in [3.05, 3.63) is 102 Å². The summed E-state index contributed by atoms with van der Waals surface area (Å²) in [5.41, 5.74) is 1.92. The van der Waals surface area contributed by atoms with Crippen molar-refractivity contribution in [3.63, 3.8) is 0 Å². The summed E-state index contributed by atoms with van der Waals surface area (Å²) in [5, 5.41) is -0.00180. The molecule has 0 aliphatic carbocycles. The van der Waals surface area contributed by atoms with Crippen molar-refractivity contribution in [2.45, 2.75) is 126 Å². The Morgan fingerprint density at radius 3 is 1.57 bits per heavy atom. The Morgan fingerprint density at radius 2 is 1.07 bits per heavy atom. The average molecular weight is 681 g/mol. The lowest BCUT2D eigenvalue weighted by molar-refractivity contribution is -0.217. The predicted molar refractivity (Wildman–Crippen MR) is 196 cm³/mol. The van der Waals surface area contributed by atoms with Crippen LogP contribution in [0.1, 0.15) is 52.7 Å². The summed E-state index contributed by atoms with van der Waals surface area (Å²) in [6.45, 7) is 24.3. The van der Waals surface area contributed by atoms with E-state index in [1.807, 2.05) is 30.3 Å². The monoisotopic (exact) mass is 680 g/mol. The molecule has 0 spiro atoms. The van der Waals surface area contributed by atoms with E-state index in [9.17, 15) is 0 Å². The maximum absolute atomic E-state index is 7.44. The summed E-state index contributed by atoms with van der Waals surface area (Å²) in [6.07, 6.45) is -1.43. The molecule has 1 aliphatic rings. The average Bonchev–Trinajstić information content (AvgIpc) is 2.99. The van der Waals surface area contributed by atoms with E-state index in [1.54, 1.807) is 11.8 Å². The minimum atomic E-state index is -2.29. The molecule has 1 heterocycles. The van der Waals surface area contributed by atoms with Gasteiger partial charge in [-0.3, -0.25) is 0 Å². The van der Waals surface area contributed by atoms with Crippen LogP contribution in [0.3, 0.4) is 0 Å². The summed E-state index contributed by atoms with van der Waals surface area (Å²) in [6, 6.07) is 31.1. The Morgan fingerprint density at radius 1 is 0.609 bits per heavy atom. The molecule has 5 nitrogen and oxygen atoms in total. The zero-order valence-electron chi connectivity index (χ0n) is 29.6. The van der Waals surface area contributed by atoms with E-state index in [0.29, 0.717) is 19.8 Å².